The first-order valence-electron chi connectivity index (χ1n) is 10.8. The molecule has 0 aliphatic carbocycles. The van der Waals surface area contributed by atoms with E-state index < -0.39 is 0 Å². The Morgan fingerprint density at radius 3 is 2.20 bits per heavy atom. The number of aromatic nitrogens is 2. The summed E-state index contributed by atoms with van der Waals surface area (Å²) in [5.41, 5.74) is 2.59. The molecule has 5 nitrogen and oxygen atoms in total. The number of benzene rings is 1. The van der Waals surface area contributed by atoms with Crippen molar-refractivity contribution in [2.75, 3.05) is 18.0 Å². The molecule has 0 radical (unpaired) electrons. The predicted molar refractivity (Wildman–Crippen MR) is 123 cm³/mol. The van der Waals surface area contributed by atoms with E-state index in [1.54, 1.807) is 6.07 Å². The van der Waals surface area contributed by atoms with E-state index in [0.29, 0.717) is 11.1 Å². The van der Waals surface area contributed by atoms with E-state index in [0.717, 1.165) is 31.7 Å². The maximum Gasteiger partial charge on any atom is 0.223 e. The third kappa shape index (κ3) is 5.51. The Morgan fingerprint density at radius 2 is 1.70 bits per heavy atom. The quantitative estimate of drug-likeness (QED) is 0.714. The summed E-state index contributed by atoms with van der Waals surface area (Å²) in [5, 5.41) is 11.8. The lowest BCUT2D eigenvalue weighted by molar-refractivity contribution is -0.126. The molecule has 0 spiro atoms. The number of hydrogen-bond acceptors (Lipinski definition) is 4. The fourth-order valence-corrected chi connectivity index (χ4v) is 4.05. The van der Waals surface area contributed by atoms with Crippen LogP contribution in [-0.2, 0) is 10.2 Å². The van der Waals surface area contributed by atoms with Crippen molar-refractivity contribution in [1.29, 1.82) is 0 Å². The summed E-state index contributed by atoms with van der Waals surface area (Å²) in [6.07, 6.45) is 1.62. The third-order valence-electron chi connectivity index (χ3n) is 5.91. The molecular weight excluding hydrogens is 396 g/mol. The van der Waals surface area contributed by atoms with Gasteiger partial charge in [0.25, 0.3) is 0 Å². The first-order chi connectivity index (χ1) is 14.1. The van der Waals surface area contributed by atoms with E-state index in [1.807, 2.05) is 6.07 Å². The van der Waals surface area contributed by atoms with Crippen molar-refractivity contribution in [3.05, 3.63) is 52.7 Å². The van der Waals surface area contributed by atoms with Crippen molar-refractivity contribution in [3.63, 3.8) is 0 Å². The van der Waals surface area contributed by atoms with Gasteiger partial charge in [-0.1, -0.05) is 70.5 Å². The summed E-state index contributed by atoms with van der Waals surface area (Å²) in [6, 6.07) is 12.3. The molecular formula is C24H33ClN4O. The predicted octanol–water partition coefficient (Wildman–Crippen LogP) is 5.16. The van der Waals surface area contributed by atoms with Gasteiger partial charge in [-0.3, -0.25) is 4.79 Å². The summed E-state index contributed by atoms with van der Waals surface area (Å²) < 4.78 is 0. The Balaban J connectivity index is 1.61. The van der Waals surface area contributed by atoms with Gasteiger partial charge in [-0.05, 0) is 47.4 Å². The molecule has 6 heteroatoms. The lowest BCUT2D eigenvalue weighted by Crippen LogP contribution is -2.42. The highest BCUT2D eigenvalue weighted by Crippen LogP contribution is 2.28. The van der Waals surface area contributed by atoms with Gasteiger partial charge in [-0.15, -0.1) is 10.2 Å². The molecule has 3 rings (SSSR count). The van der Waals surface area contributed by atoms with E-state index in [-0.39, 0.29) is 23.3 Å². The molecule has 1 atom stereocenters. The highest BCUT2D eigenvalue weighted by molar-refractivity contribution is 6.29. The van der Waals surface area contributed by atoms with E-state index >= 15 is 0 Å². The summed E-state index contributed by atoms with van der Waals surface area (Å²) >= 11 is 5.83. The topological polar surface area (TPSA) is 58.1 Å². The SMILES string of the molecule is CC(C)C(NC(=O)C1CCN(c2ccc(Cl)nn2)CC1)c1ccc(C(C)(C)C)cc1. The highest BCUT2D eigenvalue weighted by atomic mass is 35.5. The van der Waals surface area contributed by atoms with Gasteiger partial charge in [-0.2, -0.15) is 0 Å². The maximum atomic E-state index is 13.0. The number of carbonyl (C=O) groups excluding carboxylic acids is 1. The van der Waals surface area contributed by atoms with Gasteiger partial charge in [-0.25, -0.2) is 0 Å². The summed E-state index contributed by atoms with van der Waals surface area (Å²) in [7, 11) is 0. The number of piperidine rings is 1. The molecule has 162 valence electrons. The molecule has 1 unspecified atom stereocenters. The van der Waals surface area contributed by atoms with Crippen molar-refractivity contribution in [2.24, 2.45) is 11.8 Å². The Morgan fingerprint density at radius 1 is 1.07 bits per heavy atom. The molecule has 2 aromatic rings. The molecule has 0 bridgehead atoms. The minimum atomic E-state index is 0.0201. The molecule has 0 saturated carbocycles. The molecule has 1 aromatic heterocycles. The number of anilines is 1. The van der Waals surface area contributed by atoms with Crippen LogP contribution < -0.4 is 10.2 Å². The molecule has 1 aliphatic rings. The normalized spacial score (nSPS) is 16.6. The van der Waals surface area contributed by atoms with Crippen LogP contribution in [0.3, 0.4) is 0 Å². The number of rotatable bonds is 5. The molecule has 1 fully saturated rings. The van der Waals surface area contributed by atoms with Gasteiger partial charge in [0.15, 0.2) is 11.0 Å². The number of carbonyl (C=O) groups is 1. The Kier molecular flexibility index (Phi) is 7.02. The average molecular weight is 429 g/mol. The second-order valence-corrected chi connectivity index (χ2v) is 9.97. The van der Waals surface area contributed by atoms with Crippen molar-refractivity contribution in [2.45, 2.75) is 58.9 Å². The Hall–Kier alpha value is -2.14. The third-order valence-corrected chi connectivity index (χ3v) is 6.11. The van der Waals surface area contributed by atoms with E-state index in [4.69, 9.17) is 11.6 Å². The minimum Gasteiger partial charge on any atom is -0.355 e. The zero-order valence-corrected chi connectivity index (χ0v) is 19.4. The molecule has 1 aromatic carbocycles. The first kappa shape index (κ1) is 22.5. The number of amides is 1. The Bertz CT molecular complexity index is 835. The lowest BCUT2D eigenvalue weighted by Gasteiger charge is -2.33. The van der Waals surface area contributed by atoms with Crippen LogP contribution in [0.2, 0.25) is 5.15 Å². The fourth-order valence-electron chi connectivity index (χ4n) is 3.94. The standard InChI is InChI=1S/C24H33ClN4O/c1-16(2)22(17-6-8-19(9-7-17)24(3,4)5)26-23(30)18-12-14-29(15-13-18)21-11-10-20(25)27-28-21/h6-11,16,18,22H,12-15H2,1-5H3,(H,26,30). The van der Waals surface area contributed by atoms with Crippen LogP contribution in [0.1, 0.15) is 64.6 Å². The van der Waals surface area contributed by atoms with E-state index in [1.165, 1.54) is 11.1 Å². The van der Waals surface area contributed by atoms with Crippen LogP contribution in [0.4, 0.5) is 5.82 Å². The minimum absolute atomic E-state index is 0.0201. The van der Waals surface area contributed by atoms with Crippen LogP contribution in [0.25, 0.3) is 0 Å². The van der Waals surface area contributed by atoms with Crippen LogP contribution in [0, 0.1) is 11.8 Å². The molecule has 1 N–H and O–H groups in total. The van der Waals surface area contributed by atoms with Crippen LogP contribution in [0.5, 0.6) is 0 Å². The number of nitrogens with one attached hydrogen (secondary N) is 1. The maximum absolute atomic E-state index is 13.0. The molecule has 1 saturated heterocycles. The van der Waals surface area contributed by atoms with Gasteiger partial charge in [0, 0.05) is 19.0 Å². The number of hydrogen-bond donors (Lipinski definition) is 1. The zero-order valence-electron chi connectivity index (χ0n) is 18.7. The zero-order chi connectivity index (χ0) is 21.9. The smallest absolute Gasteiger partial charge is 0.223 e. The highest BCUT2D eigenvalue weighted by Gasteiger charge is 2.28. The average Bonchev–Trinajstić information content (AvgIpc) is 2.72. The van der Waals surface area contributed by atoms with Crippen molar-refractivity contribution in [1.82, 2.24) is 15.5 Å². The number of nitrogens with zero attached hydrogens (tertiary/aromatic N) is 3. The van der Waals surface area contributed by atoms with Gasteiger partial charge in [0.2, 0.25) is 5.91 Å². The van der Waals surface area contributed by atoms with E-state index in [2.05, 4.69) is 79.3 Å². The summed E-state index contributed by atoms with van der Waals surface area (Å²) in [4.78, 5) is 15.2. The number of halogens is 1. The van der Waals surface area contributed by atoms with Crippen LogP contribution in [0.15, 0.2) is 36.4 Å². The van der Waals surface area contributed by atoms with Gasteiger partial charge < -0.3 is 10.2 Å². The van der Waals surface area contributed by atoms with Crippen LogP contribution in [-0.4, -0.2) is 29.2 Å². The molecule has 30 heavy (non-hydrogen) atoms. The van der Waals surface area contributed by atoms with Gasteiger partial charge in [0.1, 0.15) is 0 Å². The van der Waals surface area contributed by atoms with Gasteiger partial charge in [0.05, 0.1) is 6.04 Å². The second kappa shape index (κ2) is 9.34. The summed E-state index contributed by atoms with van der Waals surface area (Å²) in [5.74, 6) is 1.31. The van der Waals surface area contributed by atoms with Gasteiger partial charge >= 0.3 is 0 Å². The molecule has 1 amide bonds. The van der Waals surface area contributed by atoms with Crippen molar-refractivity contribution >= 4 is 23.3 Å². The van der Waals surface area contributed by atoms with E-state index in [9.17, 15) is 4.79 Å². The lowest BCUT2D eigenvalue weighted by atomic mass is 9.85. The largest absolute Gasteiger partial charge is 0.355 e. The monoisotopic (exact) mass is 428 g/mol. The molecule has 1 aliphatic heterocycles. The Labute approximate surface area is 185 Å². The fraction of sp³-hybridized carbons (Fsp3) is 0.542. The van der Waals surface area contributed by atoms with Crippen LogP contribution >= 0.6 is 11.6 Å². The first-order valence-corrected chi connectivity index (χ1v) is 11.2. The van der Waals surface area contributed by atoms with Crippen molar-refractivity contribution < 1.29 is 4.79 Å². The molecule has 2 heterocycles. The van der Waals surface area contributed by atoms with Crippen molar-refractivity contribution in [3.8, 4) is 0 Å². The second-order valence-electron chi connectivity index (χ2n) is 9.58. The summed E-state index contributed by atoms with van der Waals surface area (Å²) in [6.45, 7) is 12.5.